The van der Waals surface area contributed by atoms with Crippen LogP contribution in [0.1, 0.15) is 13.3 Å². The molecule has 2 aromatic rings. The Bertz CT molecular complexity index is 434. The summed E-state index contributed by atoms with van der Waals surface area (Å²) >= 11 is 1.71. The monoisotopic (exact) mass is 206 g/mol. The van der Waals surface area contributed by atoms with Crippen LogP contribution in [0.5, 0.6) is 0 Å². The normalized spacial score (nSPS) is 11.0. The third kappa shape index (κ3) is 1.52. The van der Waals surface area contributed by atoms with Gasteiger partial charge < -0.3 is 4.57 Å². The summed E-state index contributed by atoms with van der Waals surface area (Å²) in [5.74, 6) is 0. The summed E-state index contributed by atoms with van der Waals surface area (Å²) in [6.45, 7) is 3.25. The predicted octanol–water partition coefficient (Wildman–Crippen LogP) is 3.17. The van der Waals surface area contributed by atoms with E-state index in [0.29, 0.717) is 0 Å². The van der Waals surface area contributed by atoms with Gasteiger partial charge in [0, 0.05) is 6.54 Å². The second-order valence-corrected chi connectivity index (χ2v) is 4.01. The molecule has 0 aliphatic carbocycles. The number of aryl methyl sites for hydroxylation is 1. The smallest absolute Gasteiger partial charge is 0.168 e. The maximum atomic E-state index is 4.58. The number of benzene rings is 1. The van der Waals surface area contributed by atoms with Gasteiger partial charge in [-0.1, -0.05) is 30.8 Å². The molecule has 0 radical (unpaired) electrons. The molecule has 0 unspecified atom stereocenters. The summed E-state index contributed by atoms with van der Waals surface area (Å²) in [7, 11) is 0. The molecule has 0 saturated carbocycles. The molecule has 1 aromatic heterocycles. The van der Waals surface area contributed by atoms with Crippen LogP contribution in [0.4, 0.5) is 0 Å². The summed E-state index contributed by atoms with van der Waals surface area (Å²) in [6, 6.07) is 8.31. The number of nitrogens with zero attached hydrogens (tertiary/aromatic N) is 2. The highest BCUT2D eigenvalue weighted by atomic mass is 32.2. The van der Waals surface area contributed by atoms with Gasteiger partial charge in [0.05, 0.1) is 11.0 Å². The highest BCUT2D eigenvalue weighted by molar-refractivity contribution is 7.98. The van der Waals surface area contributed by atoms with Crippen molar-refractivity contribution in [2.24, 2.45) is 0 Å². The maximum absolute atomic E-state index is 4.58. The molecule has 0 saturated heterocycles. The zero-order valence-electron chi connectivity index (χ0n) is 8.53. The van der Waals surface area contributed by atoms with Crippen LogP contribution in [0.3, 0.4) is 0 Å². The number of thioether (sulfide) groups is 1. The zero-order chi connectivity index (χ0) is 9.97. The van der Waals surface area contributed by atoms with Crippen LogP contribution in [0.2, 0.25) is 0 Å². The number of aromatic nitrogens is 2. The molecule has 14 heavy (non-hydrogen) atoms. The second kappa shape index (κ2) is 4.05. The average molecular weight is 206 g/mol. The molecule has 0 bridgehead atoms. The molecular formula is C11H14N2S. The largest absolute Gasteiger partial charge is 0.319 e. The summed E-state index contributed by atoms with van der Waals surface area (Å²) in [5.41, 5.74) is 2.35. The highest BCUT2D eigenvalue weighted by Crippen LogP contribution is 2.22. The van der Waals surface area contributed by atoms with E-state index in [1.807, 2.05) is 6.07 Å². The molecule has 0 spiro atoms. The Morgan fingerprint density at radius 2 is 2.14 bits per heavy atom. The van der Waals surface area contributed by atoms with Crippen molar-refractivity contribution >= 4 is 22.8 Å². The van der Waals surface area contributed by atoms with E-state index in [0.717, 1.165) is 23.6 Å². The van der Waals surface area contributed by atoms with E-state index in [1.165, 1.54) is 5.52 Å². The molecule has 0 atom stereocenters. The van der Waals surface area contributed by atoms with Crippen LogP contribution in [-0.2, 0) is 6.54 Å². The number of hydrogen-bond donors (Lipinski definition) is 0. The summed E-state index contributed by atoms with van der Waals surface area (Å²) < 4.78 is 2.29. The van der Waals surface area contributed by atoms with Crippen LogP contribution in [0, 0.1) is 0 Å². The molecule has 74 valence electrons. The van der Waals surface area contributed by atoms with Gasteiger partial charge in [-0.2, -0.15) is 0 Å². The Labute approximate surface area is 88.3 Å². The molecule has 0 amide bonds. The van der Waals surface area contributed by atoms with Gasteiger partial charge in [-0.05, 0) is 24.8 Å². The maximum Gasteiger partial charge on any atom is 0.168 e. The lowest BCUT2D eigenvalue weighted by Gasteiger charge is -2.04. The van der Waals surface area contributed by atoms with E-state index in [2.05, 4.69) is 40.9 Å². The van der Waals surface area contributed by atoms with Crippen molar-refractivity contribution in [3.8, 4) is 0 Å². The molecule has 0 aliphatic rings. The Morgan fingerprint density at radius 1 is 1.36 bits per heavy atom. The Balaban J connectivity index is 2.61. The number of hydrogen-bond acceptors (Lipinski definition) is 2. The van der Waals surface area contributed by atoms with Crippen LogP contribution < -0.4 is 0 Å². The van der Waals surface area contributed by atoms with Gasteiger partial charge in [0.1, 0.15) is 0 Å². The summed E-state index contributed by atoms with van der Waals surface area (Å²) in [5, 5.41) is 1.12. The second-order valence-electron chi connectivity index (χ2n) is 3.24. The lowest BCUT2D eigenvalue weighted by atomic mass is 10.3. The SMILES string of the molecule is CCCn1c(SC)nc2ccccc21. The molecule has 0 aliphatic heterocycles. The fraction of sp³-hybridized carbons (Fsp3) is 0.364. The van der Waals surface area contributed by atoms with Gasteiger partial charge in [0.15, 0.2) is 5.16 Å². The van der Waals surface area contributed by atoms with Gasteiger partial charge in [0.2, 0.25) is 0 Å². The van der Waals surface area contributed by atoms with Gasteiger partial charge in [-0.3, -0.25) is 0 Å². The van der Waals surface area contributed by atoms with Crippen molar-refractivity contribution in [2.45, 2.75) is 25.0 Å². The van der Waals surface area contributed by atoms with E-state index in [1.54, 1.807) is 11.8 Å². The molecule has 0 fully saturated rings. The number of fused-ring (bicyclic) bond motifs is 1. The van der Waals surface area contributed by atoms with E-state index in [9.17, 15) is 0 Å². The van der Waals surface area contributed by atoms with Gasteiger partial charge in [0.25, 0.3) is 0 Å². The van der Waals surface area contributed by atoms with E-state index in [-0.39, 0.29) is 0 Å². The minimum Gasteiger partial charge on any atom is -0.319 e. The third-order valence-corrected chi connectivity index (χ3v) is 2.93. The number of imidazole rings is 1. The molecule has 0 N–H and O–H groups in total. The van der Waals surface area contributed by atoms with Crippen molar-refractivity contribution in [1.82, 2.24) is 9.55 Å². The minimum atomic E-state index is 1.05. The Morgan fingerprint density at radius 3 is 2.86 bits per heavy atom. The molecule has 3 heteroatoms. The first-order valence-corrected chi connectivity index (χ1v) is 6.08. The Kier molecular flexibility index (Phi) is 2.77. The van der Waals surface area contributed by atoms with Crippen molar-refractivity contribution in [2.75, 3.05) is 6.26 Å². The molecular weight excluding hydrogens is 192 g/mol. The number of rotatable bonds is 3. The molecule has 2 rings (SSSR count). The van der Waals surface area contributed by atoms with Crippen LogP contribution >= 0.6 is 11.8 Å². The third-order valence-electron chi connectivity index (χ3n) is 2.25. The van der Waals surface area contributed by atoms with Crippen molar-refractivity contribution in [3.63, 3.8) is 0 Å². The lowest BCUT2D eigenvalue weighted by molar-refractivity contribution is 0.639. The van der Waals surface area contributed by atoms with Crippen LogP contribution in [-0.4, -0.2) is 15.8 Å². The van der Waals surface area contributed by atoms with E-state index < -0.39 is 0 Å². The first kappa shape index (κ1) is 9.59. The van der Waals surface area contributed by atoms with Crippen molar-refractivity contribution in [1.29, 1.82) is 0 Å². The zero-order valence-corrected chi connectivity index (χ0v) is 9.34. The first-order valence-electron chi connectivity index (χ1n) is 4.86. The van der Waals surface area contributed by atoms with Crippen molar-refractivity contribution in [3.05, 3.63) is 24.3 Å². The molecule has 1 heterocycles. The number of para-hydroxylation sites is 2. The lowest BCUT2D eigenvalue weighted by Crippen LogP contribution is -1.97. The average Bonchev–Trinajstić information content (AvgIpc) is 2.58. The van der Waals surface area contributed by atoms with Crippen molar-refractivity contribution < 1.29 is 0 Å². The van der Waals surface area contributed by atoms with E-state index >= 15 is 0 Å². The fourth-order valence-corrected chi connectivity index (χ4v) is 2.25. The predicted molar refractivity (Wildman–Crippen MR) is 61.8 cm³/mol. The molecule has 1 aromatic carbocycles. The fourth-order valence-electron chi connectivity index (χ4n) is 1.65. The van der Waals surface area contributed by atoms with Crippen LogP contribution in [0.15, 0.2) is 29.4 Å². The van der Waals surface area contributed by atoms with Gasteiger partial charge >= 0.3 is 0 Å². The summed E-state index contributed by atoms with van der Waals surface area (Å²) in [4.78, 5) is 4.58. The topological polar surface area (TPSA) is 17.8 Å². The Hall–Kier alpha value is -0.960. The van der Waals surface area contributed by atoms with Gasteiger partial charge in [-0.15, -0.1) is 0 Å². The van der Waals surface area contributed by atoms with Gasteiger partial charge in [-0.25, -0.2) is 4.98 Å². The van der Waals surface area contributed by atoms with Crippen LogP contribution in [0.25, 0.3) is 11.0 Å². The first-order chi connectivity index (χ1) is 6.86. The molecule has 2 nitrogen and oxygen atoms in total. The van der Waals surface area contributed by atoms with E-state index in [4.69, 9.17) is 0 Å². The quantitative estimate of drug-likeness (QED) is 0.718. The highest BCUT2D eigenvalue weighted by Gasteiger charge is 2.07. The summed E-state index contributed by atoms with van der Waals surface area (Å²) in [6.07, 6.45) is 3.22. The minimum absolute atomic E-state index is 1.05. The standard InChI is InChI=1S/C11H14N2S/c1-3-8-13-10-7-5-4-6-9(10)12-11(13)14-2/h4-7H,3,8H2,1-2H3.